The highest BCUT2D eigenvalue weighted by molar-refractivity contribution is 8.00. The third-order valence-corrected chi connectivity index (χ3v) is 7.27. The zero-order valence-electron chi connectivity index (χ0n) is 10.3. The van der Waals surface area contributed by atoms with E-state index in [1.54, 1.807) is 5.38 Å². The van der Waals surface area contributed by atoms with E-state index in [1.165, 1.54) is 17.4 Å². The van der Waals surface area contributed by atoms with E-state index in [2.05, 4.69) is 11.6 Å². The lowest BCUT2D eigenvalue weighted by molar-refractivity contribution is 0.557. The van der Waals surface area contributed by atoms with Crippen LogP contribution in [0.5, 0.6) is 0 Å². The second kappa shape index (κ2) is 5.81. The lowest BCUT2D eigenvalue weighted by atomic mass is 10.3. The summed E-state index contributed by atoms with van der Waals surface area (Å²) in [5.74, 6) is 1.02. The van der Waals surface area contributed by atoms with Gasteiger partial charge in [0.2, 0.25) is 10.0 Å². The van der Waals surface area contributed by atoms with Crippen LogP contribution in [-0.2, 0) is 10.0 Å². The van der Waals surface area contributed by atoms with E-state index in [4.69, 9.17) is 5.73 Å². The minimum atomic E-state index is -3.40. The minimum absolute atomic E-state index is 0.0586. The average molecular weight is 306 g/mol. The molecule has 7 heteroatoms. The fourth-order valence-corrected chi connectivity index (χ4v) is 5.89. The largest absolute Gasteiger partial charge is 0.398 e. The smallest absolute Gasteiger partial charge is 0.250 e. The minimum Gasteiger partial charge on any atom is -0.398 e. The predicted molar refractivity (Wildman–Crippen MR) is 78.6 cm³/mol. The van der Waals surface area contributed by atoms with Crippen molar-refractivity contribution in [2.45, 2.75) is 41.7 Å². The van der Waals surface area contributed by atoms with E-state index < -0.39 is 10.0 Å². The van der Waals surface area contributed by atoms with Crippen molar-refractivity contribution < 1.29 is 8.42 Å². The van der Waals surface area contributed by atoms with Crippen LogP contribution in [0, 0.1) is 0 Å². The Kier molecular flexibility index (Phi) is 4.58. The number of sulfonamides is 1. The quantitative estimate of drug-likeness (QED) is 0.875. The van der Waals surface area contributed by atoms with Crippen molar-refractivity contribution in [1.82, 2.24) is 4.72 Å². The van der Waals surface area contributed by atoms with Gasteiger partial charge in [-0.25, -0.2) is 13.1 Å². The van der Waals surface area contributed by atoms with Crippen molar-refractivity contribution in [3.05, 3.63) is 11.4 Å². The van der Waals surface area contributed by atoms with E-state index in [9.17, 15) is 8.42 Å². The van der Waals surface area contributed by atoms with Crippen molar-refractivity contribution in [3.63, 3.8) is 0 Å². The fourth-order valence-electron chi connectivity index (χ4n) is 2.20. The third-order valence-electron chi connectivity index (χ3n) is 3.00. The van der Waals surface area contributed by atoms with Crippen LogP contribution in [-0.4, -0.2) is 25.5 Å². The van der Waals surface area contributed by atoms with E-state index in [-0.39, 0.29) is 6.04 Å². The zero-order chi connectivity index (χ0) is 13.2. The van der Waals surface area contributed by atoms with Gasteiger partial charge >= 0.3 is 0 Å². The van der Waals surface area contributed by atoms with E-state index in [0.717, 1.165) is 25.0 Å². The molecule has 1 fully saturated rings. The summed E-state index contributed by atoms with van der Waals surface area (Å²) in [6, 6.07) is 1.58. The number of anilines is 1. The lowest BCUT2D eigenvalue weighted by Crippen LogP contribution is -2.38. The second-order valence-corrected chi connectivity index (χ2v) is 8.72. The summed E-state index contributed by atoms with van der Waals surface area (Å²) in [6.45, 7) is 2.11. The maximum absolute atomic E-state index is 12.2. The lowest BCUT2D eigenvalue weighted by Gasteiger charge is -2.19. The topological polar surface area (TPSA) is 72.2 Å². The Labute approximate surface area is 116 Å². The van der Waals surface area contributed by atoms with Crippen LogP contribution in [0.15, 0.2) is 15.7 Å². The molecule has 2 atom stereocenters. The summed E-state index contributed by atoms with van der Waals surface area (Å²) in [4.78, 5) is 0. The number of hydrogen-bond acceptors (Lipinski definition) is 5. The van der Waals surface area contributed by atoms with Gasteiger partial charge in [0.1, 0.15) is 4.21 Å². The average Bonchev–Trinajstić information content (AvgIpc) is 2.89. The summed E-state index contributed by atoms with van der Waals surface area (Å²) < 4.78 is 27.5. The Balaban J connectivity index is 2.08. The molecule has 1 aromatic rings. The molecule has 3 N–H and O–H groups in total. The summed E-state index contributed by atoms with van der Waals surface area (Å²) in [5.41, 5.74) is 6.08. The molecule has 18 heavy (non-hydrogen) atoms. The van der Waals surface area contributed by atoms with Gasteiger partial charge in [0, 0.05) is 22.4 Å². The summed E-state index contributed by atoms with van der Waals surface area (Å²) in [5, 5.41) is 2.06. The number of nitrogens with two attached hydrogens (primary N) is 1. The standard InChI is InChI=1S/C11H18N2O2S3/c1-2-16-10-5-3-4-9(10)13-18(14,15)11-6-8(12)7-17-11/h6-7,9-10,13H,2-5,12H2,1H3. The molecule has 0 bridgehead atoms. The highest BCUT2D eigenvalue weighted by atomic mass is 32.2. The van der Waals surface area contributed by atoms with Gasteiger partial charge in [-0.2, -0.15) is 11.8 Å². The second-order valence-electron chi connectivity index (χ2n) is 4.35. The zero-order valence-corrected chi connectivity index (χ0v) is 12.7. The van der Waals surface area contributed by atoms with Gasteiger partial charge in [0.25, 0.3) is 0 Å². The molecule has 2 rings (SSSR count). The molecule has 0 spiro atoms. The van der Waals surface area contributed by atoms with E-state index in [0.29, 0.717) is 15.1 Å². The molecule has 0 radical (unpaired) electrons. The maximum Gasteiger partial charge on any atom is 0.250 e. The molecule has 1 aromatic heterocycles. The van der Waals surface area contributed by atoms with Gasteiger partial charge in [0.05, 0.1) is 0 Å². The molecule has 0 saturated heterocycles. The van der Waals surface area contributed by atoms with Crippen molar-refractivity contribution in [1.29, 1.82) is 0 Å². The van der Waals surface area contributed by atoms with Crippen LogP contribution in [0.2, 0.25) is 0 Å². The normalized spacial score (nSPS) is 24.5. The molecule has 102 valence electrons. The number of hydrogen-bond donors (Lipinski definition) is 2. The van der Waals surface area contributed by atoms with Gasteiger partial charge in [0.15, 0.2) is 0 Å². The van der Waals surface area contributed by atoms with Crippen LogP contribution in [0.25, 0.3) is 0 Å². The summed E-state index contributed by atoms with van der Waals surface area (Å²) in [6.07, 6.45) is 3.12. The van der Waals surface area contributed by atoms with Crippen molar-refractivity contribution in [2.75, 3.05) is 11.5 Å². The highest BCUT2D eigenvalue weighted by Crippen LogP contribution is 2.31. The number of nitrogens with one attached hydrogen (secondary N) is 1. The molecule has 0 aliphatic heterocycles. The third kappa shape index (κ3) is 3.20. The summed E-state index contributed by atoms with van der Waals surface area (Å²) in [7, 11) is -3.40. The molecule has 1 heterocycles. The maximum atomic E-state index is 12.2. The van der Waals surface area contributed by atoms with E-state index >= 15 is 0 Å². The number of thiophene rings is 1. The van der Waals surface area contributed by atoms with Gasteiger partial charge in [-0.05, 0) is 24.7 Å². The number of thioether (sulfide) groups is 1. The molecule has 2 unspecified atom stereocenters. The molecule has 0 amide bonds. The van der Waals surface area contributed by atoms with Crippen LogP contribution in [0.3, 0.4) is 0 Å². The predicted octanol–water partition coefficient (Wildman–Crippen LogP) is 2.28. The first kappa shape index (κ1) is 14.2. The Morgan fingerprint density at radius 2 is 2.33 bits per heavy atom. The first-order valence-electron chi connectivity index (χ1n) is 6.01. The van der Waals surface area contributed by atoms with Gasteiger partial charge in [-0.1, -0.05) is 13.3 Å². The van der Waals surface area contributed by atoms with Gasteiger partial charge in [-0.3, -0.25) is 0 Å². The van der Waals surface area contributed by atoms with Crippen LogP contribution >= 0.6 is 23.1 Å². The first-order chi connectivity index (χ1) is 8.53. The monoisotopic (exact) mass is 306 g/mol. The molecule has 1 saturated carbocycles. The molecular weight excluding hydrogens is 288 g/mol. The number of nitrogen functional groups attached to an aromatic ring is 1. The molecule has 0 aromatic carbocycles. The van der Waals surface area contributed by atoms with Crippen LogP contribution in [0.1, 0.15) is 26.2 Å². The Bertz CT molecular complexity index is 498. The molecule has 1 aliphatic carbocycles. The molecule has 1 aliphatic rings. The Morgan fingerprint density at radius 3 is 2.94 bits per heavy atom. The SMILES string of the molecule is CCSC1CCCC1NS(=O)(=O)c1cc(N)cs1. The Morgan fingerprint density at radius 1 is 1.56 bits per heavy atom. The van der Waals surface area contributed by atoms with Crippen molar-refractivity contribution in [3.8, 4) is 0 Å². The van der Waals surface area contributed by atoms with E-state index in [1.807, 2.05) is 11.8 Å². The van der Waals surface area contributed by atoms with Gasteiger partial charge in [-0.15, -0.1) is 11.3 Å². The van der Waals surface area contributed by atoms with Crippen LogP contribution in [0.4, 0.5) is 5.69 Å². The van der Waals surface area contributed by atoms with Crippen molar-refractivity contribution in [2.24, 2.45) is 0 Å². The summed E-state index contributed by atoms with van der Waals surface area (Å²) >= 11 is 3.01. The Hall–Kier alpha value is -0.240. The molecule has 4 nitrogen and oxygen atoms in total. The highest BCUT2D eigenvalue weighted by Gasteiger charge is 2.31. The van der Waals surface area contributed by atoms with Crippen LogP contribution < -0.4 is 10.5 Å². The first-order valence-corrected chi connectivity index (χ1v) is 9.42. The fraction of sp³-hybridized carbons (Fsp3) is 0.636. The van der Waals surface area contributed by atoms with Crippen molar-refractivity contribution >= 4 is 38.8 Å². The van der Waals surface area contributed by atoms with Gasteiger partial charge < -0.3 is 5.73 Å². The molecular formula is C11H18N2O2S3. The number of rotatable bonds is 5.